The molecule has 92 valence electrons. The molecule has 0 spiro atoms. The van der Waals surface area contributed by atoms with Gasteiger partial charge in [0, 0.05) is 12.6 Å². The highest BCUT2D eigenvalue weighted by Gasteiger charge is 2.08. The minimum absolute atomic E-state index is 0.223. The van der Waals surface area contributed by atoms with Gasteiger partial charge in [0.15, 0.2) is 0 Å². The van der Waals surface area contributed by atoms with Crippen molar-refractivity contribution in [2.24, 2.45) is 0 Å². The van der Waals surface area contributed by atoms with Crippen LogP contribution < -0.4 is 10.6 Å². The largest absolute Gasteiger partial charge is 0.386 e. The van der Waals surface area contributed by atoms with Crippen molar-refractivity contribution in [3.63, 3.8) is 0 Å². The van der Waals surface area contributed by atoms with Crippen LogP contribution in [-0.2, 0) is 0 Å². The van der Waals surface area contributed by atoms with Crippen LogP contribution >= 0.6 is 0 Å². The van der Waals surface area contributed by atoms with Crippen molar-refractivity contribution in [1.82, 2.24) is 0 Å². The summed E-state index contributed by atoms with van der Waals surface area (Å²) in [7, 11) is 1.67. The van der Waals surface area contributed by atoms with E-state index in [1.54, 1.807) is 31.3 Å². The number of rotatable bonds is 3. The summed E-state index contributed by atoms with van der Waals surface area (Å²) >= 11 is 0. The number of halogens is 1. The standard InChI is InChI=1S/C14H13FN2O/c1-16-13-9-11(15)7-8-12(13)17-14(18)10-5-3-2-4-6-10/h2-9,16H,1H3,(H,17,18). The Hall–Kier alpha value is -2.36. The Morgan fingerprint density at radius 2 is 1.78 bits per heavy atom. The number of amides is 1. The summed E-state index contributed by atoms with van der Waals surface area (Å²) in [5, 5.41) is 5.58. The van der Waals surface area contributed by atoms with Crippen LogP contribution in [0.4, 0.5) is 15.8 Å². The van der Waals surface area contributed by atoms with Crippen molar-refractivity contribution < 1.29 is 9.18 Å². The highest BCUT2D eigenvalue weighted by Crippen LogP contribution is 2.22. The molecule has 0 unspecified atom stereocenters. The van der Waals surface area contributed by atoms with Gasteiger partial charge in [-0.05, 0) is 30.3 Å². The maximum Gasteiger partial charge on any atom is 0.255 e. The Morgan fingerprint density at radius 1 is 1.06 bits per heavy atom. The summed E-state index contributed by atoms with van der Waals surface area (Å²) < 4.78 is 13.0. The molecule has 0 fully saturated rings. The van der Waals surface area contributed by atoms with Crippen molar-refractivity contribution in [3.8, 4) is 0 Å². The van der Waals surface area contributed by atoms with Crippen LogP contribution in [0.2, 0.25) is 0 Å². The van der Waals surface area contributed by atoms with Gasteiger partial charge < -0.3 is 10.6 Å². The maximum absolute atomic E-state index is 13.0. The second-order valence-corrected chi connectivity index (χ2v) is 3.76. The van der Waals surface area contributed by atoms with Gasteiger partial charge >= 0.3 is 0 Å². The number of hydrogen-bond acceptors (Lipinski definition) is 2. The van der Waals surface area contributed by atoms with Crippen LogP contribution in [0.15, 0.2) is 48.5 Å². The number of anilines is 2. The first-order valence-corrected chi connectivity index (χ1v) is 5.54. The molecule has 0 aliphatic carbocycles. The Bertz CT molecular complexity index is 555. The number of benzene rings is 2. The zero-order valence-electron chi connectivity index (χ0n) is 9.91. The van der Waals surface area contributed by atoms with E-state index in [4.69, 9.17) is 0 Å². The van der Waals surface area contributed by atoms with E-state index in [9.17, 15) is 9.18 Å². The summed E-state index contributed by atoms with van der Waals surface area (Å²) in [5.74, 6) is -0.573. The maximum atomic E-state index is 13.0. The minimum Gasteiger partial charge on any atom is -0.386 e. The molecule has 3 nitrogen and oxygen atoms in total. The second-order valence-electron chi connectivity index (χ2n) is 3.76. The lowest BCUT2D eigenvalue weighted by atomic mass is 10.2. The lowest BCUT2D eigenvalue weighted by Crippen LogP contribution is -2.13. The Kier molecular flexibility index (Phi) is 3.57. The fourth-order valence-corrected chi connectivity index (χ4v) is 1.62. The Balaban J connectivity index is 2.22. The topological polar surface area (TPSA) is 41.1 Å². The summed E-state index contributed by atoms with van der Waals surface area (Å²) in [5.41, 5.74) is 1.65. The quantitative estimate of drug-likeness (QED) is 0.871. The van der Waals surface area contributed by atoms with Crippen LogP contribution in [0.1, 0.15) is 10.4 Å². The van der Waals surface area contributed by atoms with E-state index in [2.05, 4.69) is 10.6 Å². The van der Waals surface area contributed by atoms with Crippen molar-refractivity contribution >= 4 is 17.3 Å². The highest BCUT2D eigenvalue weighted by molar-refractivity contribution is 6.05. The molecule has 2 N–H and O–H groups in total. The molecule has 0 heterocycles. The molecular formula is C14H13FN2O. The van der Waals surface area contributed by atoms with Crippen LogP contribution in [0.5, 0.6) is 0 Å². The molecule has 0 atom stereocenters. The second kappa shape index (κ2) is 5.31. The van der Waals surface area contributed by atoms with Crippen molar-refractivity contribution in [2.75, 3.05) is 17.7 Å². The normalized spacial score (nSPS) is 9.89. The molecule has 18 heavy (non-hydrogen) atoms. The molecule has 4 heteroatoms. The van der Waals surface area contributed by atoms with Crippen molar-refractivity contribution in [3.05, 3.63) is 59.9 Å². The van der Waals surface area contributed by atoms with Gasteiger partial charge in [-0.25, -0.2) is 4.39 Å². The van der Waals surface area contributed by atoms with Gasteiger partial charge in [-0.2, -0.15) is 0 Å². The molecule has 0 aliphatic heterocycles. The zero-order valence-corrected chi connectivity index (χ0v) is 9.91. The fraction of sp³-hybridized carbons (Fsp3) is 0.0714. The molecular weight excluding hydrogens is 231 g/mol. The van der Waals surface area contributed by atoms with E-state index < -0.39 is 0 Å². The van der Waals surface area contributed by atoms with Crippen LogP contribution in [-0.4, -0.2) is 13.0 Å². The van der Waals surface area contributed by atoms with E-state index >= 15 is 0 Å². The van der Waals surface area contributed by atoms with E-state index in [1.807, 2.05) is 6.07 Å². The number of nitrogens with one attached hydrogen (secondary N) is 2. The third-order valence-corrected chi connectivity index (χ3v) is 2.54. The van der Waals surface area contributed by atoms with Gasteiger partial charge in [-0.15, -0.1) is 0 Å². The van der Waals surface area contributed by atoms with Crippen molar-refractivity contribution in [2.45, 2.75) is 0 Å². The third-order valence-electron chi connectivity index (χ3n) is 2.54. The summed E-state index contributed by atoms with van der Waals surface area (Å²) in [6.07, 6.45) is 0. The third kappa shape index (κ3) is 2.66. The average molecular weight is 244 g/mol. The predicted molar refractivity (Wildman–Crippen MR) is 70.3 cm³/mol. The SMILES string of the molecule is CNc1cc(F)ccc1NC(=O)c1ccccc1. The molecule has 0 aromatic heterocycles. The Labute approximate surface area is 105 Å². The molecule has 2 rings (SSSR count). The summed E-state index contributed by atoms with van der Waals surface area (Å²) in [4.78, 5) is 11.9. The molecule has 0 saturated heterocycles. The molecule has 0 bridgehead atoms. The molecule has 0 saturated carbocycles. The van der Waals surface area contributed by atoms with Gasteiger partial charge in [-0.1, -0.05) is 18.2 Å². The zero-order chi connectivity index (χ0) is 13.0. The van der Waals surface area contributed by atoms with E-state index in [-0.39, 0.29) is 11.7 Å². The molecule has 0 radical (unpaired) electrons. The lowest BCUT2D eigenvalue weighted by Gasteiger charge is -2.10. The summed E-state index contributed by atoms with van der Waals surface area (Å²) in [6.45, 7) is 0. The minimum atomic E-state index is -0.350. The van der Waals surface area contributed by atoms with Gasteiger partial charge in [0.2, 0.25) is 0 Å². The fourth-order valence-electron chi connectivity index (χ4n) is 1.62. The molecule has 2 aromatic carbocycles. The van der Waals surface area contributed by atoms with Gasteiger partial charge in [0.05, 0.1) is 11.4 Å². The molecule has 1 amide bonds. The monoisotopic (exact) mass is 244 g/mol. The number of hydrogen-bond donors (Lipinski definition) is 2. The molecule has 0 aliphatic rings. The van der Waals surface area contributed by atoms with E-state index in [1.165, 1.54) is 18.2 Å². The predicted octanol–water partition coefficient (Wildman–Crippen LogP) is 3.12. The highest BCUT2D eigenvalue weighted by atomic mass is 19.1. The van der Waals surface area contributed by atoms with E-state index in [0.29, 0.717) is 16.9 Å². The summed E-state index contributed by atoms with van der Waals surface area (Å²) in [6, 6.07) is 13.0. The van der Waals surface area contributed by atoms with Crippen LogP contribution in [0.25, 0.3) is 0 Å². The lowest BCUT2D eigenvalue weighted by molar-refractivity contribution is 0.102. The van der Waals surface area contributed by atoms with Gasteiger partial charge in [0.1, 0.15) is 5.82 Å². The first kappa shape index (κ1) is 12.1. The van der Waals surface area contributed by atoms with Crippen LogP contribution in [0.3, 0.4) is 0 Å². The molecule has 2 aromatic rings. The number of carbonyl (C=O) groups excluding carboxylic acids is 1. The van der Waals surface area contributed by atoms with E-state index in [0.717, 1.165) is 0 Å². The Morgan fingerprint density at radius 3 is 2.44 bits per heavy atom. The van der Waals surface area contributed by atoms with Crippen LogP contribution in [0, 0.1) is 5.82 Å². The average Bonchev–Trinajstić information content (AvgIpc) is 2.41. The smallest absolute Gasteiger partial charge is 0.255 e. The van der Waals surface area contributed by atoms with Gasteiger partial charge in [-0.3, -0.25) is 4.79 Å². The first-order valence-electron chi connectivity index (χ1n) is 5.54. The first-order chi connectivity index (χ1) is 8.70. The van der Waals surface area contributed by atoms with Crippen molar-refractivity contribution in [1.29, 1.82) is 0 Å². The number of carbonyl (C=O) groups is 1. The van der Waals surface area contributed by atoms with Gasteiger partial charge in [0.25, 0.3) is 5.91 Å².